The summed E-state index contributed by atoms with van der Waals surface area (Å²) >= 11 is 0. The van der Waals surface area contributed by atoms with Gasteiger partial charge in [-0.05, 0) is 126 Å². The number of ether oxygens (including phenoxy) is 2. The summed E-state index contributed by atoms with van der Waals surface area (Å²) in [5.41, 5.74) is 1.38. The highest BCUT2D eigenvalue weighted by Gasteiger charge is 2.38. The third kappa shape index (κ3) is 28.3. The molecule has 0 bridgehead atoms. The van der Waals surface area contributed by atoms with E-state index in [0.717, 1.165) is 74.0 Å². The van der Waals surface area contributed by atoms with Gasteiger partial charge in [0.2, 0.25) is 0 Å². The van der Waals surface area contributed by atoms with Crippen molar-refractivity contribution in [2.45, 2.75) is 258 Å². The van der Waals surface area contributed by atoms with Crippen molar-refractivity contribution in [2.75, 3.05) is 65.6 Å². The number of hydrogen-bond donors (Lipinski definition) is 2. The number of imide groups is 2. The number of aliphatic hydroxyl groups excluding tert-OH is 2. The van der Waals surface area contributed by atoms with E-state index in [1.165, 1.54) is 128 Å². The SMILES string of the molecule is CCCCCCCCC(CCCCCC)COC(=O)CCCCCN(CCCCN(CCCCCC(=O)OCC(CCCCCC)CCCCCCCC)CC(O)CN1C(=O)c2ccccc2C1=O)CC(O)CN1C(=O)c2ccccc2C1=O. The molecule has 4 rings (SSSR count). The number of rotatable bonds is 53. The molecule has 0 saturated carbocycles. The van der Waals surface area contributed by atoms with Crippen LogP contribution < -0.4 is 0 Å². The number of unbranched alkanes of at least 4 members (excludes halogenated alkanes) is 21. The molecule has 0 aliphatic carbocycles. The Bertz CT molecular complexity index is 1950. The Kier molecular flexibility index (Phi) is 37.7. The molecule has 0 spiro atoms. The zero-order valence-corrected chi connectivity index (χ0v) is 53.0. The van der Waals surface area contributed by atoms with Crippen molar-refractivity contribution in [3.63, 3.8) is 0 Å². The molecule has 4 amide bonds. The number of benzene rings is 2. The number of aliphatic hydroxyl groups is 2. The molecule has 14 nitrogen and oxygen atoms in total. The van der Waals surface area contributed by atoms with E-state index in [4.69, 9.17) is 9.47 Å². The average Bonchev–Trinajstić information content (AvgIpc) is 2.88. The van der Waals surface area contributed by atoms with E-state index in [1.807, 2.05) is 0 Å². The van der Waals surface area contributed by atoms with Crippen LogP contribution in [0, 0.1) is 11.8 Å². The van der Waals surface area contributed by atoms with E-state index in [2.05, 4.69) is 37.5 Å². The molecule has 14 heteroatoms. The Balaban J connectivity index is 1.32. The van der Waals surface area contributed by atoms with E-state index in [1.54, 1.807) is 48.5 Å². The standard InChI is InChI=1S/C70H114N4O10/c1-5-9-13-17-19-25-39-57(37-23-15-11-7-3)55-83-65(77)45-27-21-33-47-71(51-59(75)53-73-67(79)61-41-29-30-42-62(61)68(73)80)49-35-36-50-72(52-60(76)54-74-69(81)63-43-31-32-44-64(63)70(74)82)48-34-22-28-46-66(78)84-56-58(38-24-16-12-8-4)40-26-20-18-14-10-6-2/h29-32,41-44,57-60,75-76H,5-28,33-40,45-56H2,1-4H3. The molecule has 2 N–H and O–H groups in total. The third-order valence-electron chi connectivity index (χ3n) is 17.2. The van der Waals surface area contributed by atoms with Gasteiger partial charge in [-0.2, -0.15) is 0 Å². The minimum Gasteiger partial charge on any atom is -0.465 e. The fourth-order valence-corrected chi connectivity index (χ4v) is 12.1. The monoisotopic (exact) mass is 1170 g/mol. The zero-order valence-electron chi connectivity index (χ0n) is 53.0. The molecular formula is C70H114N4O10. The van der Waals surface area contributed by atoms with Crippen molar-refractivity contribution in [3.05, 3.63) is 70.8 Å². The molecule has 0 radical (unpaired) electrons. The van der Waals surface area contributed by atoms with Crippen LogP contribution in [0.4, 0.5) is 0 Å². The van der Waals surface area contributed by atoms with Crippen molar-refractivity contribution in [1.82, 2.24) is 19.6 Å². The van der Waals surface area contributed by atoms with Crippen molar-refractivity contribution in [1.29, 1.82) is 0 Å². The summed E-state index contributed by atoms with van der Waals surface area (Å²) in [7, 11) is 0. The Labute approximate surface area is 507 Å². The van der Waals surface area contributed by atoms with E-state index in [-0.39, 0.29) is 38.1 Å². The fraction of sp³-hybridized carbons (Fsp3) is 0.743. The van der Waals surface area contributed by atoms with Gasteiger partial charge >= 0.3 is 11.9 Å². The highest BCUT2D eigenvalue weighted by atomic mass is 16.5. The predicted molar refractivity (Wildman–Crippen MR) is 337 cm³/mol. The lowest BCUT2D eigenvalue weighted by atomic mass is 9.95. The number of nitrogens with zero attached hydrogens (tertiary/aromatic N) is 4. The molecule has 0 saturated heterocycles. The summed E-state index contributed by atoms with van der Waals surface area (Å²) in [6.07, 6.45) is 34.0. The number of hydrogen-bond acceptors (Lipinski definition) is 12. The maximum Gasteiger partial charge on any atom is 0.305 e. The van der Waals surface area contributed by atoms with Gasteiger partial charge in [-0.1, -0.05) is 193 Å². The van der Waals surface area contributed by atoms with Gasteiger partial charge in [0.1, 0.15) is 0 Å². The smallest absolute Gasteiger partial charge is 0.305 e. The van der Waals surface area contributed by atoms with Gasteiger partial charge in [-0.3, -0.25) is 38.6 Å². The highest BCUT2D eigenvalue weighted by Crippen LogP contribution is 2.26. The fourth-order valence-electron chi connectivity index (χ4n) is 12.1. The molecule has 4 unspecified atom stereocenters. The van der Waals surface area contributed by atoms with E-state index in [0.29, 0.717) is 99.2 Å². The Morgan fingerprint density at radius 3 is 0.964 bits per heavy atom. The van der Waals surface area contributed by atoms with Gasteiger partial charge in [0.25, 0.3) is 23.6 Å². The second kappa shape index (κ2) is 44.0. The lowest BCUT2D eigenvalue weighted by Gasteiger charge is -2.29. The number of amides is 4. The van der Waals surface area contributed by atoms with Crippen molar-refractivity contribution < 1.29 is 48.5 Å². The lowest BCUT2D eigenvalue weighted by Crippen LogP contribution is -2.43. The average molecular weight is 1170 g/mol. The van der Waals surface area contributed by atoms with Crippen LogP contribution in [0.5, 0.6) is 0 Å². The van der Waals surface area contributed by atoms with Crippen molar-refractivity contribution in [3.8, 4) is 0 Å². The van der Waals surface area contributed by atoms with Gasteiger partial charge in [-0.25, -0.2) is 0 Å². The Morgan fingerprint density at radius 2 is 0.655 bits per heavy atom. The molecule has 84 heavy (non-hydrogen) atoms. The summed E-state index contributed by atoms with van der Waals surface area (Å²) in [5, 5.41) is 23.0. The maximum atomic E-state index is 13.3. The second-order valence-corrected chi connectivity index (χ2v) is 24.7. The Hall–Kier alpha value is -4.50. The summed E-state index contributed by atoms with van der Waals surface area (Å²) in [6.45, 7) is 12.7. The van der Waals surface area contributed by atoms with Crippen LogP contribution in [0.1, 0.15) is 287 Å². The summed E-state index contributed by atoms with van der Waals surface area (Å²) in [4.78, 5) is 85.8. The van der Waals surface area contributed by atoms with Crippen molar-refractivity contribution >= 4 is 35.6 Å². The third-order valence-corrected chi connectivity index (χ3v) is 17.2. The molecule has 2 aliphatic heterocycles. The molecule has 0 aromatic heterocycles. The van der Waals surface area contributed by atoms with Crippen LogP contribution in [0.25, 0.3) is 0 Å². The van der Waals surface area contributed by atoms with Gasteiger partial charge in [0.15, 0.2) is 0 Å². The van der Waals surface area contributed by atoms with E-state index in [9.17, 15) is 39.0 Å². The molecule has 0 fully saturated rings. The first-order chi connectivity index (χ1) is 40.9. The number of β-amino-alcohol motifs (C(OH)–C–C–N with tert-alkyl or cyclic N) is 2. The molecule has 4 atom stereocenters. The molecular weight excluding hydrogens is 1060 g/mol. The van der Waals surface area contributed by atoms with Gasteiger partial charge in [0, 0.05) is 25.9 Å². The maximum absolute atomic E-state index is 13.3. The summed E-state index contributed by atoms with van der Waals surface area (Å²) < 4.78 is 11.8. The van der Waals surface area contributed by atoms with Crippen molar-refractivity contribution in [2.24, 2.45) is 11.8 Å². The molecule has 2 heterocycles. The number of fused-ring (bicyclic) bond motifs is 2. The largest absolute Gasteiger partial charge is 0.465 e. The first-order valence-electron chi connectivity index (χ1n) is 33.9. The quantitative estimate of drug-likeness (QED) is 0.0365. The van der Waals surface area contributed by atoms with E-state index < -0.39 is 35.8 Å². The van der Waals surface area contributed by atoms with Gasteiger partial charge in [0.05, 0.1) is 60.8 Å². The van der Waals surface area contributed by atoms with Crippen LogP contribution in [-0.2, 0) is 19.1 Å². The molecule has 474 valence electrons. The number of esters is 2. The summed E-state index contributed by atoms with van der Waals surface area (Å²) in [6, 6.07) is 13.5. The normalized spacial score (nSPS) is 14.7. The first kappa shape index (κ1) is 72.0. The van der Waals surface area contributed by atoms with Gasteiger partial charge < -0.3 is 29.5 Å². The van der Waals surface area contributed by atoms with E-state index >= 15 is 0 Å². The number of carbonyl (C=O) groups excluding carboxylic acids is 6. The topological polar surface area (TPSA) is 174 Å². The van der Waals surface area contributed by atoms with Crippen LogP contribution in [0.2, 0.25) is 0 Å². The molecule has 2 aromatic rings. The highest BCUT2D eigenvalue weighted by molar-refractivity contribution is 6.22. The van der Waals surface area contributed by atoms with Crippen LogP contribution in [0.15, 0.2) is 48.5 Å². The number of carbonyl (C=O) groups is 6. The van der Waals surface area contributed by atoms with Gasteiger partial charge in [-0.15, -0.1) is 0 Å². The minimum absolute atomic E-state index is 0.122. The van der Waals surface area contributed by atoms with Crippen LogP contribution in [0.3, 0.4) is 0 Å². The van der Waals surface area contributed by atoms with Crippen LogP contribution in [-0.4, -0.2) is 143 Å². The minimum atomic E-state index is -0.985. The summed E-state index contributed by atoms with van der Waals surface area (Å²) in [5.74, 6) is -1.08. The van der Waals surface area contributed by atoms with Crippen LogP contribution >= 0.6 is 0 Å². The Morgan fingerprint density at radius 1 is 0.393 bits per heavy atom. The molecule has 2 aromatic carbocycles. The zero-order chi connectivity index (χ0) is 60.6. The second-order valence-electron chi connectivity index (χ2n) is 24.7. The predicted octanol–water partition coefficient (Wildman–Crippen LogP) is 14.6. The lowest BCUT2D eigenvalue weighted by molar-refractivity contribution is -0.146. The first-order valence-corrected chi connectivity index (χ1v) is 33.9. The molecule has 2 aliphatic rings.